The van der Waals surface area contributed by atoms with Gasteiger partial charge in [0.25, 0.3) is 0 Å². The Bertz CT molecular complexity index is 692. The first-order valence-corrected chi connectivity index (χ1v) is 8.65. The maximum absolute atomic E-state index is 12.5. The topological polar surface area (TPSA) is 37.4 Å². The molecule has 0 aliphatic carbocycles. The van der Waals surface area contributed by atoms with Crippen LogP contribution >= 0.6 is 0 Å². The summed E-state index contributed by atoms with van der Waals surface area (Å²) in [5.41, 5.74) is 6.87. The van der Waals surface area contributed by atoms with E-state index in [2.05, 4.69) is 39.7 Å². The molecule has 7 heteroatoms. The van der Waals surface area contributed by atoms with E-state index < -0.39 is 12.3 Å². The molecule has 0 spiro atoms. The number of rotatable bonds is 5. The van der Waals surface area contributed by atoms with Crippen LogP contribution in [0.5, 0.6) is 5.75 Å². The van der Waals surface area contributed by atoms with Gasteiger partial charge in [0, 0.05) is 13.1 Å². The van der Waals surface area contributed by atoms with Crippen LogP contribution in [0.4, 0.5) is 13.2 Å². The maximum Gasteiger partial charge on any atom is 0.425 e. The van der Waals surface area contributed by atoms with E-state index in [0.717, 1.165) is 38.5 Å². The maximum atomic E-state index is 12.5. The lowest BCUT2D eigenvalue weighted by Gasteiger charge is -2.21. The number of hydrogen-bond acceptors (Lipinski definition) is 4. The van der Waals surface area contributed by atoms with E-state index in [1.165, 1.54) is 23.4 Å². The Morgan fingerprint density at radius 2 is 1.77 bits per heavy atom. The largest absolute Gasteiger partial charge is 0.480 e. The van der Waals surface area contributed by atoms with Gasteiger partial charge in [-0.3, -0.25) is 4.98 Å². The Morgan fingerprint density at radius 3 is 2.31 bits per heavy atom. The summed E-state index contributed by atoms with van der Waals surface area (Å²) < 4.78 is 42.4. The van der Waals surface area contributed by atoms with Crippen molar-refractivity contribution >= 4 is 0 Å². The van der Waals surface area contributed by atoms with Crippen LogP contribution in [0.3, 0.4) is 0 Å². The molecule has 4 nitrogen and oxygen atoms in total. The smallest absolute Gasteiger partial charge is 0.425 e. The molecule has 1 aliphatic rings. The Morgan fingerprint density at radius 1 is 1.12 bits per heavy atom. The van der Waals surface area contributed by atoms with Gasteiger partial charge in [0.2, 0.25) is 0 Å². The lowest BCUT2D eigenvalue weighted by atomic mass is 10.0. The minimum atomic E-state index is -4.38. The second kappa shape index (κ2) is 8.05. The number of fused-ring (bicyclic) bond motifs is 1. The van der Waals surface area contributed by atoms with E-state index in [-0.39, 0.29) is 5.75 Å². The van der Waals surface area contributed by atoms with Crippen molar-refractivity contribution in [2.24, 2.45) is 0 Å². The van der Waals surface area contributed by atoms with Gasteiger partial charge in [0.1, 0.15) is 5.75 Å². The summed E-state index contributed by atoms with van der Waals surface area (Å²) in [6, 6.07) is 11.7. The van der Waals surface area contributed by atoms with E-state index >= 15 is 0 Å². The zero-order valence-electron chi connectivity index (χ0n) is 14.6. The Kier molecular flexibility index (Phi) is 5.78. The molecule has 2 aromatic rings. The van der Waals surface area contributed by atoms with Crippen LogP contribution in [-0.2, 0) is 19.4 Å². The molecule has 1 aromatic heterocycles. The van der Waals surface area contributed by atoms with Crippen molar-refractivity contribution < 1.29 is 17.9 Å². The zero-order chi connectivity index (χ0) is 18.6. The van der Waals surface area contributed by atoms with Gasteiger partial charge in [0.15, 0.2) is 6.10 Å². The lowest BCUT2D eigenvalue weighted by Crippen LogP contribution is -2.39. The molecule has 140 valence electrons. The number of aromatic nitrogens is 1. The normalized spacial score (nSPS) is 16.6. The number of ether oxygens (including phenoxy) is 1. The molecule has 3 rings (SSSR count). The number of benzene rings is 1. The zero-order valence-corrected chi connectivity index (χ0v) is 14.6. The van der Waals surface area contributed by atoms with Crippen LogP contribution in [0.25, 0.3) is 0 Å². The van der Waals surface area contributed by atoms with Gasteiger partial charge in [0.05, 0.1) is 18.4 Å². The number of hydrazine groups is 1. The Balaban J connectivity index is 1.49. The van der Waals surface area contributed by atoms with Gasteiger partial charge < -0.3 is 4.74 Å². The standard InChI is InChI=1S/C19H22F3N3O/c1-14(19(20,21)22)26-18-7-6-17(23-13-18)12-24-25-10-8-15-4-2-3-5-16(15)9-11-25/h2-7,13-14,24H,8-12H2,1H3. The summed E-state index contributed by atoms with van der Waals surface area (Å²) in [6.45, 7) is 3.31. The average Bonchev–Trinajstić information content (AvgIpc) is 2.83. The molecule has 0 amide bonds. The number of nitrogens with zero attached hydrogens (tertiary/aromatic N) is 2. The molecule has 1 N–H and O–H groups in total. The van der Waals surface area contributed by atoms with Crippen LogP contribution in [-0.4, -0.2) is 35.4 Å². The summed E-state index contributed by atoms with van der Waals surface area (Å²) in [6.07, 6.45) is -2.94. The third kappa shape index (κ3) is 4.95. The third-order valence-corrected chi connectivity index (χ3v) is 4.48. The monoisotopic (exact) mass is 365 g/mol. The molecular formula is C19H22F3N3O. The average molecular weight is 365 g/mol. The van der Waals surface area contributed by atoms with Crippen LogP contribution in [0.2, 0.25) is 0 Å². The van der Waals surface area contributed by atoms with Crippen molar-refractivity contribution in [2.45, 2.75) is 38.6 Å². The fraction of sp³-hybridized carbons (Fsp3) is 0.421. The second-order valence-electron chi connectivity index (χ2n) is 6.38. The number of alkyl halides is 3. The predicted octanol–water partition coefficient (Wildman–Crippen LogP) is 3.52. The second-order valence-corrected chi connectivity index (χ2v) is 6.38. The first kappa shape index (κ1) is 18.7. The number of halogens is 3. The third-order valence-electron chi connectivity index (χ3n) is 4.48. The fourth-order valence-corrected chi connectivity index (χ4v) is 2.87. The van der Waals surface area contributed by atoms with Gasteiger partial charge in [-0.15, -0.1) is 0 Å². The lowest BCUT2D eigenvalue weighted by molar-refractivity contribution is -0.189. The van der Waals surface area contributed by atoms with Crippen LogP contribution in [0.1, 0.15) is 23.7 Å². The Labute approximate surface area is 151 Å². The summed E-state index contributed by atoms with van der Waals surface area (Å²) in [7, 11) is 0. The highest BCUT2D eigenvalue weighted by Crippen LogP contribution is 2.24. The first-order chi connectivity index (χ1) is 12.4. The fourth-order valence-electron chi connectivity index (χ4n) is 2.87. The molecule has 0 fully saturated rings. The van der Waals surface area contributed by atoms with Gasteiger partial charge in [-0.2, -0.15) is 13.2 Å². The van der Waals surface area contributed by atoms with Crippen molar-refractivity contribution in [1.82, 2.24) is 15.4 Å². The van der Waals surface area contributed by atoms with E-state index in [0.29, 0.717) is 6.54 Å². The summed E-state index contributed by atoms with van der Waals surface area (Å²) >= 11 is 0. The molecule has 26 heavy (non-hydrogen) atoms. The molecule has 0 radical (unpaired) electrons. The molecule has 0 saturated carbocycles. The highest BCUT2D eigenvalue weighted by atomic mass is 19.4. The first-order valence-electron chi connectivity index (χ1n) is 8.65. The van der Waals surface area contributed by atoms with Crippen molar-refractivity contribution in [3.63, 3.8) is 0 Å². The minimum absolute atomic E-state index is 0.115. The van der Waals surface area contributed by atoms with Crippen molar-refractivity contribution in [3.05, 3.63) is 59.4 Å². The minimum Gasteiger partial charge on any atom is -0.480 e. The van der Waals surface area contributed by atoms with E-state index in [4.69, 9.17) is 4.74 Å². The van der Waals surface area contributed by atoms with Crippen molar-refractivity contribution in [1.29, 1.82) is 0 Å². The van der Waals surface area contributed by atoms with Crippen LogP contribution in [0.15, 0.2) is 42.6 Å². The molecule has 0 saturated heterocycles. The van der Waals surface area contributed by atoms with Gasteiger partial charge in [-0.05, 0) is 43.0 Å². The van der Waals surface area contributed by atoms with E-state index in [1.54, 1.807) is 6.07 Å². The molecule has 1 atom stereocenters. The van der Waals surface area contributed by atoms with Gasteiger partial charge in [-0.25, -0.2) is 10.4 Å². The molecule has 0 bridgehead atoms. The molecule has 1 unspecified atom stereocenters. The van der Waals surface area contributed by atoms with E-state index in [9.17, 15) is 13.2 Å². The predicted molar refractivity (Wildman–Crippen MR) is 92.6 cm³/mol. The number of hydrogen-bond donors (Lipinski definition) is 1. The highest BCUT2D eigenvalue weighted by Gasteiger charge is 2.38. The van der Waals surface area contributed by atoms with Gasteiger partial charge in [-0.1, -0.05) is 24.3 Å². The van der Waals surface area contributed by atoms with E-state index in [1.807, 2.05) is 0 Å². The van der Waals surface area contributed by atoms with Gasteiger partial charge >= 0.3 is 6.18 Å². The summed E-state index contributed by atoms with van der Waals surface area (Å²) in [5, 5.41) is 2.16. The highest BCUT2D eigenvalue weighted by molar-refractivity contribution is 5.28. The SMILES string of the molecule is CC(Oc1ccc(CNN2CCc3ccccc3CC2)nc1)C(F)(F)F. The summed E-state index contributed by atoms with van der Waals surface area (Å²) in [5.74, 6) is 0.115. The molecule has 1 aliphatic heterocycles. The molecule has 1 aromatic carbocycles. The molecule has 2 heterocycles. The summed E-state index contributed by atoms with van der Waals surface area (Å²) in [4.78, 5) is 4.18. The Hall–Kier alpha value is -2.12. The number of pyridine rings is 1. The van der Waals surface area contributed by atoms with Crippen molar-refractivity contribution in [3.8, 4) is 5.75 Å². The van der Waals surface area contributed by atoms with Crippen molar-refractivity contribution in [2.75, 3.05) is 13.1 Å². The number of nitrogens with one attached hydrogen (secondary N) is 1. The molecular weight excluding hydrogens is 343 g/mol. The van der Waals surface area contributed by atoms with Crippen LogP contribution in [0, 0.1) is 0 Å². The van der Waals surface area contributed by atoms with Crippen LogP contribution < -0.4 is 10.2 Å². The quantitative estimate of drug-likeness (QED) is 0.880.